The second-order valence-corrected chi connectivity index (χ2v) is 6.46. The van der Waals surface area contributed by atoms with E-state index in [1.165, 1.54) is 11.1 Å². The number of amides is 1. The van der Waals surface area contributed by atoms with E-state index in [1.807, 2.05) is 6.07 Å². The smallest absolute Gasteiger partial charge is 0.271 e. The zero-order valence-electron chi connectivity index (χ0n) is 13.9. The third-order valence-electron chi connectivity index (χ3n) is 3.87. The Balaban J connectivity index is 2.00. The van der Waals surface area contributed by atoms with Crippen molar-refractivity contribution in [3.63, 3.8) is 0 Å². The zero-order chi connectivity index (χ0) is 16.2. The summed E-state index contributed by atoms with van der Waals surface area (Å²) in [5.74, 6) is -0.126. The van der Waals surface area contributed by atoms with Crippen LogP contribution in [0.25, 0.3) is 0 Å². The number of rotatable bonds is 6. The first kappa shape index (κ1) is 16.3. The highest BCUT2D eigenvalue weighted by Gasteiger charge is 2.22. The van der Waals surface area contributed by atoms with Crippen LogP contribution in [-0.4, -0.2) is 22.6 Å². The molecule has 0 atom stereocenters. The van der Waals surface area contributed by atoms with Gasteiger partial charge in [-0.1, -0.05) is 57.0 Å². The van der Waals surface area contributed by atoms with E-state index in [-0.39, 0.29) is 11.3 Å². The van der Waals surface area contributed by atoms with E-state index in [9.17, 15) is 4.79 Å². The number of nitrogens with zero attached hydrogens (tertiary/aromatic N) is 1. The number of hydrogen-bond acceptors (Lipinski definition) is 2. The molecule has 0 unspecified atom stereocenters. The van der Waals surface area contributed by atoms with Crippen LogP contribution in [-0.2, 0) is 11.8 Å². The standard InChI is InChI=1S/C18H25N3O/c1-5-7-15-11-16(21-20-15)17(22)19-12-18(3,4)14-9-6-8-13(2)10-14/h6,8-11H,5,7,12H2,1-4H3,(H,19,22)(H,20,21). The summed E-state index contributed by atoms with van der Waals surface area (Å²) in [7, 11) is 0. The van der Waals surface area contributed by atoms with Gasteiger partial charge in [-0.25, -0.2) is 0 Å². The molecule has 1 heterocycles. The lowest BCUT2D eigenvalue weighted by Gasteiger charge is -2.25. The Bertz CT molecular complexity index is 643. The van der Waals surface area contributed by atoms with E-state index in [0.29, 0.717) is 12.2 Å². The first-order valence-corrected chi connectivity index (χ1v) is 7.82. The molecule has 2 rings (SSSR count). The third kappa shape index (κ3) is 3.97. The monoisotopic (exact) mass is 299 g/mol. The van der Waals surface area contributed by atoms with Crippen LogP contribution in [0.3, 0.4) is 0 Å². The third-order valence-corrected chi connectivity index (χ3v) is 3.87. The summed E-state index contributed by atoms with van der Waals surface area (Å²) >= 11 is 0. The van der Waals surface area contributed by atoms with Gasteiger partial charge in [0.2, 0.25) is 0 Å². The summed E-state index contributed by atoms with van der Waals surface area (Å²) < 4.78 is 0. The van der Waals surface area contributed by atoms with Crippen LogP contribution in [0.4, 0.5) is 0 Å². The zero-order valence-corrected chi connectivity index (χ0v) is 13.9. The van der Waals surface area contributed by atoms with Crippen molar-refractivity contribution in [1.29, 1.82) is 0 Å². The van der Waals surface area contributed by atoms with E-state index in [0.717, 1.165) is 18.5 Å². The predicted octanol–water partition coefficient (Wildman–Crippen LogP) is 3.38. The molecule has 1 aromatic carbocycles. The van der Waals surface area contributed by atoms with Gasteiger partial charge < -0.3 is 5.32 Å². The number of aromatic nitrogens is 2. The van der Waals surface area contributed by atoms with Crippen LogP contribution in [0.2, 0.25) is 0 Å². The summed E-state index contributed by atoms with van der Waals surface area (Å²) in [6.45, 7) is 9.03. The number of carbonyl (C=O) groups is 1. The average molecular weight is 299 g/mol. The average Bonchev–Trinajstić information content (AvgIpc) is 2.94. The summed E-state index contributed by atoms with van der Waals surface area (Å²) in [6.07, 6.45) is 1.94. The Hall–Kier alpha value is -2.10. The van der Waals surface area contributed by atoms with Crippen LogP contribution in [0.1, 0.15) is 54.5 Å². The Morgan fingerprint density at radius 2 is 2.09 bits per heavy atom. The molecule has 2 aromatic rings. The molecule has 0 radical (unpaired) electrons. The van der Waals surface area contributed by atoms with Gasteiger partial charge in [-0.15, -0.1) is 0 Å². The summed E-state index contributed by atoms with van der Waals surface area (Å²) in [5, 5.41) is 9.99. The van der Waals surface area contributed by atoms with Crippen molar-refractivity contribution in [2.45, 2.75) is 46.0 Å². The van der Waals surface area contributed by atoms with Crippen LogP contribution in [0, 0.1) is 6.92 Å². The highest BCUT2D eigenvalue weighted by Crippen LogP contribution is 2.23. The minimum atomic E-state index is -0.126. The first-order valence-electron chi connectivity index (χ1n) is 7.82. The molecule has 0 fully saturated rings. The lowest BCUT2D eigenvalue weighted by atomic mass is 9.84. The van der Waals surface area contributed by atoms with Crippen molar-refractivity contribution in [1.82, 2.24) is 15.5 Å². The Morgan fingerprint density at radius 1 is 1.32 bits per heavy atom. The molecule has 0 aliphatic carbocycles. The Morgan fingerprint density at radius 3 is 2.77 bits per heavy atom. The topological polar surface area (TPSA) is 57.8 Å². The molecule has 0 aliphatic rings. The van der Waals surface area contributed by atoms with Crippen molar-refractivity contribution in [2.75, 3.05) is 6.54 Å². The van der Waals surface area contributed by atoms with Gasteiger partial charge in [-0.2, -0.15) is 5.10 Å². The molecule has 4 nitrogen and oxygen atoms in total. The van der Waals surface area contributed by atoms with Crippen LogP contribution in [0.5, 0.6) is 0 Å². The molecule has 0 aliphatic heterocycles. The fraction of sp³-hybridized carbons (Fsp3) is 0.444. The Labute approximate surface area is 132 Å². The van der Waals surface area contributed by atoms with Gasteiger partial charge in [-0.05, 0) is 25.0 Å². The molecule has 0 saturated heterocycles. The summed E-state index contributed by atoms with van der Waals surface area (Å²) in [6, 6.07) is 10.2. The maximum atomic E-state index is 12.2. The van der Waals surface area contributed by atoms with Crippen molar-refractivity contribution in [3.05, 3.63) is 52.8 Å². The van der Waals surface area contributed by atoms with E-state index in [1.54, 1.807) is 0 Å². The lowest BCUT2D eigenvalue weighted by Crippen LogP contribution is -2.36. The normalized spacial score (nSPS) is 11.5. The second-order valence-electron chi connectivity index (χ2n) is 6.46. The number of H-pyrrole nitrogens is 1. The number of aryl methyl sites for hydroxylation is 2. The maximum Gasteiger partial charge on any atom is 0.271 e. The highest BCUT2D eigenvalue weighted by molar-refractivity contribution is 5.92. The number of carbonyl (C=O) groups excluding carboxylic acids is 1. The molecule has 0 bridgehead atoms. The minimum absolute atomic E-state index is 0.121. The van der Waals surface area contributed by atoms with E-state index in [2.05, 4.69) is 67.5 Å². The van der Waals surface area contributed by atoms with Crippen molar-refractivity contribution in [3.8, 4) is 0 Å². The van der Waals surface area contributed by atoms with Gasteiger partial charge in [0.05, 0.1) is 0 Å². The van der Waals surface area contributed by atoms with Gasteiger partial charge >= 0.3 is 0 Å². The van der Waals surface area contributed by atoms with Gasteiger partial charge in [0.1, 0.15) is 5.69 Å². The number of hydrogen-bond donors (Lipinski definition) is 2. The molecule has 1 amide bonds. The lowest BCUT2D eigenvalue weighted by molar-refractivity contribution is 0.0940. The fourth-order valence-electron chi connectivity index (χ4n) is 2.44. The quantitative estimate of drug-likeness (QED) is 0.859. The van der Waals surface area contributed by atoms with E-state index < -0.39 is 0 Å². The molecule has 2 N–H and O–H groups in total. The Kier molecular flexibility index (Phi) is 5.01. The van der Waals surface area contributed by atoms with Crippen molar-refractivity contribution < 1.29 is 4.79 Å². The summed E-state index contributed by atoms with van der Waals surface area (Å²) in [4.78, 5) is 12.2. The summed E-state index contributed by atoms with van der Waals surface area (Å²) in [5.41, 5.74) is 3.80. The predicted molar refractivity (Wildman–Crippen MR) is 89.1 cm³/mol. The van der Waals surface area contributed by atoms with Gasteiger partial charge in [0.15, 0.2) is 0 Å². The SMILES string of the molecule is CCCc1cc(C(=O)NCC(C)(C)c2cccc(C)c2)n[nH]1. The largest absolute Gasteiger partial charge is 0.350 e. The number of benzene rings is 1. The first-order chi connectivity index (χ1) is 10.4. The highest BCUT2D eigenvalue weighted by atomic mass is 16.1. The van der Waals surface area contributed by atoms with Crippen molar-refractivity contribution in [2.24, 2.45) is 0 Å². The fourth-order valence-corrected chi connectivity index (χ4v) is 2.44. The van der Waals surface area contributed by atoms with E-state index in [4.69, 9.17) is 0 Å². The number of nitrogens with one attached hydrogen (secondary N) is 2. The van der Waals surface area contributed by atoms with Gasteiger partial charge in [0, 0.05) is 17.7 Å². The molecule has 22 heavy (non-hydrogen) atoms. The maximum absolute atomic E-state index is 12.2. The molecular formula is C18H25N3O. The van der Waals surface area contributed by atoms with Crippen molar-refractivity contribution >= 4 is 5.91 Å². The molecule has 0 spiro atoms. The van der Waals surface area contributed by atoms with E-state index >= 15 is 0 Å². The molecule has 4 heteroatoms. The van der Waals surface area contributed by atoms with Crippen LogP contribution < -0.4 is 5.32 Å². The van der Waals surface area contributed by atoms with Gasteiger partial charge in [0.25, 0.3) is 5.91 Å². The van der Waals surface area contributed by atoms with Crippen LogP contribution in [0.15, 0.2) is 30.3 Å². The molecule has 118 valence electrons. The second kappa shape index (κ2) is 6.77. The molecule has 1 aromatic heterocycles. The molecular weight excluding hydrogens is 274 g/mol. The number of aromatic amines is 1. The molecule has 0 saturated carbocycles. The van der Waals surface area contributed by atoms with Crippen LogP contribution >= 0.6 is 0 Å². The van der Waals surface area contributed by atoms with Gasteiger partial charge in [-0.3, -0.25) is 9.89 Å². The minimum Gasteiger partial charge on any atom is -0.350 e.